The van der Waals surface area contributed by atoms with Crippen molar-refractivity contribution in [2.24, 2.45) is 17.3 Å². The van der Waals surface area contributed by atoms with Crippen LogP contribution in [0.15, 0.2) is 0 Å². The zero-order valence-corrected chi connectivity index (χ0v) is 13.2. The normalized spacial score (nSPS) is 19.2. The average Bonchev–Trinajstić information content (AvgIpc) is 2.45. The highest BCUT2D eigenvalue weighted by atomic mass is 16.5. The van der Waals surface area contributed by atoms with Gasteiger partial charge in [-0.3, -0.25) is 14.4 Å². The molecular formula is C15H25NO5. The summed E-state index contributed by atoms with van der Waals surface area (Å²) in [5, 5.41) is 9.37. The van der Waals surface area contributed by atoms with Crippen LogP contribution in [0.2, 0.25) is 0 Å². The molecule has 1 rings (SSSR count). The average molecular weight is 299 g/mol. The van der Waals surface area contributed by atoms with Crippen molar-refractivity contribution in [3.8, 4) is 0 Å². The molecule has 6 heteroatoms. The lowest BCUT2D eigenvalue weighted by atomic mass is 9.76. The lowest BCUT2D eigenvalue weighted by Gasteiger charge is -2.34. The smallest absolute Gasteiger partial charge is 0.310 e. The van der Waals surface area contributed by atoms with Crippen molar-refractivity contribution < 1.29 is 24.2 Å². The number of carbonyl (C=O) groups excluding carboxylic acids is 2. The molecule has 120 valence electrons. The van der Waals surface area contributed by atoms with E-state index < -0.39 is 11.4 Å². The van der Waals surface area contributed by atoms with Crippen molar-refractivity contribution in [2.45, 2.75) is 40.0 Å². The minimum Gasteiger partial charge on any atom is -0.481 e. The summed E-state index contributed by atoms with van der Waals surface area (Å²) in [5.41, 5.74) is -1.06. The largest absolute Gasteiger partial charge is 0.481 e. The molecule has 1 saturated heterocycles. The van der Waals surface area contributed by atoms with Gasteiger partial charge in [0.2, 0.25) is 5.91 Å². The van der Waals surface area contributed by atoms with Crippen LogP contribution in [0.25, 0.3) is 0 Å². The van der Waals surface area contributed by atoms with E-state index in [0.717, 1.165) is 0 Å². The van der Waals surface area contributed by atoms with E-state index in [1.807, 2.05) is 13.8 Å². The Kier molecular flexibility index (Phi) is 5.75. The SMILES string of the molecule is COC(=O)C1CCN(C(=O)CC(C)(C(=O)O)C(C)C)CC1. The number of nitrogens with zero attached hydrogens (tertiary/aromatic N) is 1. The Balaban J connectivity index is 2.62. The summed E-state index contributed by atoms with van der Waals surface area (Å²) in [6, 6.07) is 0. The standard InChI is InChI=1S/C15H25NO5/c1-10(2)15(3,14(19)20)9-12(17)16-7-5-11(6-8-16)13(18)21-4/h10-11H,5-9H2,1-4H3,(H,19,20). The molecule has 0 aliphatic carbocycles. The van der Waals surface area contributed by atoms with Crippen LogP contribution < -0.4 is 0 Å². The zero-order chi connectivity index (χ0) is 16.2. The Labute approximate surface area is 125 Å². The van der Waals surface area contributed by atoms with Crippen molar-refractivity contribution >= 4 is 17.8 Å². The predicted molar refractivity (Wildman–Crippen MR) is 76.5 cm³/mol. The fourth-order valence-corrected chi connectivity index (χ4v) is 2.48. The highest BCUT2D eigenvalue weighted by Crippen LogP contribution is 2.32. The van der Waals surface area contributed by atoms with Crippen LogP contribution in [0.4, 0.5) is 0 Å². The van der Waals surface area contributed by atoms with Gasteiger partial charge in [-0.05, 0) is 25.7 Å². The fraction of sp³-hybridized carbons (Fsp3) is 0.800. The van der Waals surface area contributed by atoms with Gasteiger partial charge in [-0.15, -0.1) is 0 Å². The number of carboxylic acid groups (broad SMARTS) is 1. The molecule has 0 bridgehead atoms. The van der Waals surface area contributed by atoms with Gasteiger partial charge >= 0.3 is 11.9 Å². The number of hydrogen-bond donors (Lipinski definition) is 1. The van der Waals surface area contributed by atoms with Gasteiger partial charge in [0.1, 0.15) is 0 Å². The number of likely N-dealkylation sites (tertiary alicyclic amines) is 1. The van der Waals surface area contributed by atoms with E-state index in [9.17, 15) is 19.5 Å². The van der Waals surface area contributed by atoms with Crippen LogP contribution in [-0.4, -0.2) is 48.1 Å². The topological polar surface area (TPSA) is 83.9 Å². The number of carbonyl (C=O) groups is 3. The Morgan fingerprint density at radius 2 is 1.81 bits per heavy atom. The van der Waals surface area contributed by atoms with Crippen LogP contribution in [0.1, 0.15) is 40.0 Å². The van der Waals surface area contributed by atoms with Crippen molar-refractivity contribution in [1.29, 1.82) is 0 Å². The first-order chi connectivity index (χ1) is 9.72. The summed E-state index contributed by atoms with van der Waals surface area (Å²) in [4.78, 5) is 36.8. The molecule has 21 heavy (non-hydrogen) atoms. The third kappa shape index (κ3) is 3.95. The second-order valence-electron chi connectivity index (χ2n) is 6.23. The summed E-state index contributed by atoms with van der Waals surface area (Å²) in [7, 11) is 1.36. The highest BCUT2D eigenvalue weighted by Gasteiger charge is 2.40. The molecule has 1 aliphatic rings. The molecule has 1 atom stereocenters. The van der Waals surface area contributed by atoms with Crippen molar-refractivity contribution in [1.82, 2.24) is 4.90 Å². The van der Waals surface area contributed by atoms with Gasteiger partial charge < -0.3 is 14.7 Å². The molecule has 1 amide bonds. The minimum atomic E-state index is -1.06. The number of aliphatic carboxylic acids is 1. The Hall–Kier alpha value is -1.59. The van der Waals surface area contributed by atoms with E-state index in [2.05, 4.69) is 0 Å². The maximum Gasteiger partial charge on any atom is 0.310 e. The van der Waals surface area contributed by atoms with Gasteiger partial charge in [0, 0.05) is 19.5 Å². The summed E-state index contributed by atoms with van der Waals surface area (Å²) in [6.07, 6.45) is 1.14. The Bertz CT molecular complexity index is 412. The lowest BCUT2D eigenvalue weighted by molar-refractivity contribution is -0.156. The van der Waals surface area contributed by atoms with E-state index in [1.165, 1.54) is 7.11 Å². The van der Waals surface area contributed by atoms with Crippen molar-refractivity contribution in [3.63, 3.8) is 0 Å². The van der Waals surface area contributed by atoms with Gasteiger partial charge in [0.25, 0.3) is 0 Å². The summed E-state index contributed by atoms with van der Waals surface area (Å²) in [5.74, 6) is -1.63. The van der Waals surface area contributed by atoms with Crippen LogP contribution in [-0.2, 0) is 19.1 Å². The quantitative estimate of drug-likeness (QED) is 0.778. The molecule has 0 spiro atoms. The third-order valence-electron chi connectivity index (χ3n) is 4.66. The fourth-order valence-electron chi connectivity index (χ4n) is 2.48. The van der Waals surface area contributed by atoms with Gasteiger partial charge in [-0.1, -0.05) is 13.8 Å². The number of piperidine rings is 1. The molecule has 0 aromatic carbocycles. The number of esters is 1. The van der Waals surface area contributed by atoms with Crippen LogP contribution in [0, 0.1) is 17.3 Å². The molecule has 0 saturated carbocycles. The number of amides is 1. The molecule has 1 fully saturated rings. The van der Waals surface area contributed by atoms with Gasteiger partial charge in [-0.2, -0.15) is 0 Å². The monoisotopic (exact) mass is 299 g/mol. The van der Waals surface area contributed by atoms with Crippen LogP contribution in [0.5, 0.6) is 0 Å². The van der Waals surface area contributed by atoms with Gasteiger partial charge in [0.15, 0.2) is 0 Å². The van der Waals surface area contributed by atoms with Crippen LogP contribution in [0.3, 0.4) is 0 Å². The molecule has 1 heterocycles. The van der Waals surface area contributed by atoms with Crippen molar-refractivity contribution in [2.75, 3.05) is 20.2 Å². The maximum absolute atomic E-state index is 12.3. The number of hydrogen-bond acceptors (Lipinski definition) is 4. The molecule has 0 aromatic rings. The Morgan fingerprint density at radius 1 is 1.29 bits per heavy atom. The molecule has 0 radical (unpaired) electrons. The van der Waals surface area contributed by atoms with Gasteiger partial charge in [0.05, 0.1) is 18.4 Å². The maximum atomic E-state index is 12.3. The summed E-state index contributed by atoms with van der Waals surface area (Å²) >= 11 is 0. The molecule has 1 N–H and O–H groups in total. The van der Waals surface area contributed by atoms with E-state index in [4.69, 9.17) is 4.74 Å². The molecule has 1 unspecified atom stereocenters. The van der Waals surface area contributed by atoms with E-state index in [1.54, 1.807) is 11.8 Å². The minimum absolute atomic E-state index is 0.0110. The first kappa shape index (κ1) is 17.5. The van der Waals surface area contributed by atoms with E-state index >= 15 is 0 Å². The van der Waals surface area contributed by atoms with Crippen LogP contribution >= 0.6 is 0 Å². The predicted octanol–water partition coefficient (Wildman–Crippen LogP) is 1.53. The number of methoxy groups -OCH3 is 1. The molecule has 0 aromatic heterocycles. The summed E-state index contributed by atoms with van der Waals surface area (Å²) < 4.78 is 4.71. The Morgan fingerprint density at radius 3 is 2.19 bits per heavy atom. The number of ether oxygens (including phenoxy) is 1. The number of carboxylic acids is 1. The first-order valence-electron chi connectivity index (χ1n) is 7.31. The molecule has 1 aliphatic heterocycles. The zero-order valence-electron chi connectivity index (χ0n) is 13.2. The van der Waals surface area contributed by atoms with Gasteiger partial charge in [-0.25, -0.2) is 0 Å². The summed E-state index contributed by atoms with van der Waals surface area (Å²) in [6.45, 7) is 6.19. The lowest BCUT2D eigenvalue weighted by Crippen LogP contribution is -2.44. The third-order valence-corrected chi connectivity index (χ3v) is 4.66. The second-order valence-corrected chi connectivity index (χ2v) is 6.23. The highest BCUT2D eigenvalue weighted by molar-refractivity contribution is 5.85. The van der Waals surface area contributed by atoms with E-state index in [-0.39, 0.29) is 30.1 Å². The molecule has 6 nitrogen and oxygen atoms in total. The van der Waals surface area contributed by atoms with E-state index in [0.29, 0.717) is 25.9 Å². The number of rotatable bonds is 5. The van der Waals surface area contributed by atoms with Crippen molar-refractivity contribution in [3.05, 3.63) is 0 Å². The first-order valence-corrected chi connectivity index (χ1v) is 7.31. The second kappa shape index (κ2) is 6.91. The molecular weight excluding hydrogens is 274 g/mol.